The Balaban J connectivity index is 1.24. The van der Waals surface area contributed by atoms with E-state index in [4.69, 9.17) is 10.5 Å². The number of aromatic nitrogens is 4. The molecule has 2 atom stereocenters. The minimum absolute atomic E-state index is 0.361. The quantitative estimate of drug-likeness (QED) is 0.482. The number of hydrogen-bond donors (Lipinski definition) is 2. The maximum Gasteiger partial charge on any atom is 0.145 e. The predicted octanol–water partition coefficient (Wildman–Crippen LogP) is 3.97. The van der Waals surface area contributed by atoms with E-state index in [0.717, 1.165) is 58.3 Å². The van der Waals surface area contributed by atoms with Crippen molar-refractivity contribution in [2.45, 2.75) is 19.9 Å². The molecule has 2 aliphatic rings. The van der Waals surface area contributed by atoms with Crippen LogP contribution in [0.1, 0.15) is 11.3 Å². The lowest BCUT2D eigenvalue weighted by molar-refractivity contribution is 0.476. The first-order valence-electron chi connectivity index (χ1n) is 11.1. The number of hydrogen-bond acceptors (Lipinski definition) is 8. The van der Waals surface area contributed by atoms with Crippen LogP contribution in [-0.2, 0) is 0 Å². The van der Waals surface area contributed by atoms with E-state index in [1.54, 1.807) is 12.5 Å². The average molecular weight is 440 g/mol. The van der Waals surface area contributed by atoms with Crippen LogP contribution in [0.5, 0.6) is 11.5 Å². The molecule has 33 heavy (non-hydrogen) atoms. The number of fused-ring (bicyclic) bond motifs is 2. The van der Waals surface area contributed by atoms with Gasteiger partial charge in [0.15, 0.2) is 0 Å². The van der Waals surface area contributed by atoms with Gasteiger partial charge in [-0.25, -0.2) is 15.0 Å². The summed E-state index contributed by atoms with van der Waals surface area (Å²) >= 11 is 0. The third kappa shape index (κ3) is 3.72. The highest BCUT2D eigenvalue weighted by molar-refractivity contribution is 5.92. The summed E-state index contributed by atoms with van der Waals surface area (Å²) < 4.78 is 5.99. The third-order valence-electron chi connectivity index (χ3n) is 6.64. The van der Waals surface area contributed by atoms with E-state index in [-0.39, 0.29) is 0 Å². The van der Waals surface area contributed by atoms with Crippen molar-refractivity contribution in [2.24, 2.45) is 17.6 Å². The Kier molecular flexibility index (Phi) is 4.62. The maximum absolute atomic E-state index is 6.10. The van der Waals surface area contributed by atoms with Gasteiger partial charge in [0.05, 0.1) is 17.9 Å². The summed E-state index contributed by atoms with van der Waals surface area (Å²) in [6, 6.07) is 12.3. The molecule has 2 fully saturated rings. The highest BCUT2D eigenvalue weighted by atomic mass is 16.5. The van der Waals surface area contributed by atoms with Crippen molar-refractivity contribution in [1.82, 2.24) is 19.9 Å². The second-order valence-electron chi connectivity index (χ2n) is 8.93. The topological polar surface area (TPSA) is 102 Å². The van der Waals surface area contributed by atoms with Gasteiger partial charge in [0.2, 0.25) is 0 Å². The molecule has 0 spiro atoms. The van der Waals surface area contributed by atoms with E-state index in [1.807, 2.05) is 50.4 Å². The van der Waals surface area contributed by atoms with Gasteiger partial charge < -0.3 is 20.7 Å². The fourth-order valence-corrected chi connectivity index (χ4v) is 4.60. The second-order valence-corrected chi connectivity index (χ2v) is 8.93. The predicted molar refractivity (Wildman–Crippen MR) is 128 cm³/mol. The number of ether oxygens (including phenoxy) is 1. The first-order chi connectivity index (χ1) is 16.0. The molecule has 0 bridgehead atoms. The van der Waals surface area contributed by atoms with Gasteiger partial charge in [0.1, 0.15) is 29.5 Å². The fourth-order valence-electron chi connectivity index (χ4n) is 4.60. The lowest BCUT2D eigenvalue weighted by atomic mass is 10.2. The van der Waals surface area contributed by atoms with Gasteiger partial charge in [-0.05, 0) is 67.6 Å². The Morgan fingerprint density at radius 1 is 0.970 bits per heavy atom. The SMILES string of the molecule is Cc1ccc(Oc2ccc(Nc3ncnc4cnc(N5CC6C(N)C6C5)cc34)cc2C)cn1. The monoisotopic (exact) mass is 439 g/mol. The van der Waals surface area contributed by atoms with Crippen molar-refractivity contribution in [3.05, 3.63) is 66.4 Å². The van der Waals surface area contributed by atoms with Crippen LogP contribution in [0.3, 0.4) is 0 Å². The highest BCUT2D eigenvalue weighted by Crippen LogP contribution is 2.45. The lowest BCUT2D eigenvalue weighted by Crippen LogP contribution is -2.28. The highest BCUT2D eigenvalue weighted by Gasteiger charge is 2.53. The first-order valence-corrected chi connectivity index (χ1v) is 11.1. The molecule has 4 aromatic rings. The van der Waals surface area contributed by atoms with E-state index in [0.29, 0.717) is 23.6 Å². The van der Waals surface area contributed by atoms with Crippen molar-refractivity contribution in [3.8, 4) is 11.5 Å². The zero-order chi connectivity index (χ0) is 22.5. The van der Waals surface area contributed by atoms with Gasteiger partial charge in [-0.15, -0.1) is 0 Å². The number of nitrogens with two attached hydrogens (primary N) is 1. The molecule has 0 amide bonds. The molecule has 1 saturated heterocycles. The normalized spacial score (nSPS) is 21.2. The van der Waals surface area contributed by atoms with Crippen LogP contribution < -0.4 is 20.7 Å². The van der Waals surface area contributed by atoms with Crippen LogP contribution in [0.4, 0.5) is 17.3 Å². The van der Waals surface area contributed by atoms with Crippen molar-refractivity contribution < 1.29 is 4.74 Å². The molecule has 4 heterocycles. The van der Waals surface area contributed by atoms with E-state index in [2.05, 4.69) is 36.2 Å². The summed E-state index contributed by atoms with van der Waals surface area (Å²) in [5, 5.41) is 4.38. The van der Waals surface area contributed by atoms with Crippen LogP contribution >= 0.6 is 0 Å². The number of piperidine rings is 1. The number of pyridine rings is 2. The fraction of sp³-hybridized carbons (Fsp3) is 0.280. The molecule has 166 valence electrons. The number of benzene rings is 1. The van der Waals surface area contributed by atoms with Gasteiger partial charge in [-0.1, -0.05) is 0 Å². The molecular weight excluding hydrogens is 414 g/mol. The number of nitrogens with zero attached hydrogens (tertiary/aromatic N) is 5. The van der Waals surface area contributed by atoms with Crippen LogP contribution in [0.15, 0.2) is 55.1 Å². The third-order valence-corrected chi connectivity index (χ3v) is 6.64. The summed E-state index contributed by atoms with van der Waals surface area (Å²) in [6.07, 6.45) is 5.11. The molecule has 8 heteroatoms. The molecule has 0 radical (unpaired) electrons. The summed E-state index contributed by atoms with van der Waals surface area (Å²) in [7, 11) is 0. The number of rotatable bonds is 5. The minimum Gasteiger partial charge on any atom is -0.455 e. The largest absolute Gasteiger partial charge is 0.455 e. The van der Waals surface area contributed by atoms with Crippen LogP contribution in [-0.4, -0.2) is 39.1 Å². The average Bonchev–Trinajstić information content (AvgIpc) is 3.20. The zero-order valence-corrected chi connectivity index (χ0v) is 18.6. The van der Waals surface area contributed by atoms with Gasteiger partial charge in [-0.3, -0.25) is 4.98 Å². The molecule has 6 rings (SSSR count). The van der Waals surface area contributed by atoms with E-state index < -0.39 is 0 Å². The Hall–Kier alpha value is -3.78. The molecule has 1 saturated carbocycles. The van der Waals surface area contributed by atoms with Crippen molar-refractivity contribution in [3.63, 3.8) is 0 Å². The molecule has 8 nitrogen and oxygen atoms in total. The van der Waals surface area contributed by atoms with Gasteiger partial charge in [0, 0.05) is 35.9 Å². The zero-order valence-electron chi connectivity index (χ0n) is 18.6. The van der Waals surface area contributed by atoms with Crippen molar-refractivity contribution in [1.29, 1.82) is 0 Å². The number of nitrogens with one attached hydrogen (secondary N) is 1. The molecule has 1 aromatic carbocycles. The van der Waals surface area contributed by atoms with Crippen LogP contribution in [0.2, 0.25) is 0 Å². The van der Waals surface area contributed by atoms with Crippen LogP contribution in [0.25, 0.3) is 10.9 Å². The van der Waals surface area contributed by atoms with Crippen molar-refractivity contribution in [2.75, 3.05) is 23.3 Å². The van der Waals surface area contributed by atoms with Crippen molar-refractivity contribution >= 4 is 28.2 Å². The number of anilines is 3. The smallest absolute Gasteiger partial charge is 0.145 e. The molecule has 1 aliphatic carbocycles. The molecule has 3 N–H and O–H groups in total. The van der Waals surface area contributed by atoms with E-state index in [1.165, 1.54) is 0 Å². The summed E-state index contributed by atoms with van der Waals surface area (Å²) in [6.45, 7) is 5.91. The summed E-state index contributed by atoms with van der Waals surface area (Å²) in [4.78, 5) is 20.1. The molecular formula is C25H25N7O. The molecule has 2 unspecified atom stereocenters. The Bertz CT molecular complexity index is 1330. The minimum atomic E-state index is 0.361. The molecule has 1 aliphatic heterocycles. The second kappa shape index (κ2) is 7.67. The summed E-state index contributed by atoms with van der Waals surface area (Å²) in [5.41, 5.74) is 9.79. The Morgan fingerprint density at radius 3 is 2.58 bits per heavy atom. The Labute approximate surface area is 191 Å². The van der Waals surface area contributed by atoms with Gasteiger partial charge >= 0.3 is 0 Å². The van der Waals surface area contributed by atoms with E-state index in [9.17, 15) is 0 Å². The number of aryl methyl sites for hydroxylation is 2. The molecule has 3 aromatic heterocycles. The van der Waals surface area contributed by atoms with Gasteiger partial charge in [-0.2, -0.15) is 0 Å². The van der Waals surface area contributed by atoms with Crippen LogP contribution in [0, 0.1) is 25.7 Å². The maximum atomic E-state index is 6.10. The Morgan fingerprint density at radius 2 is 1.82 bits per heavy atom. The van der Waals surface area contributed by atoms with E-state index >= 15 is 0 Å². The standard InChI is InChI=1S/C25H25N7O/c1-14-7-16(4-6-22(14)33-17-5-3-15(2)27-9-17)31-25-18-8-23(28-10-21(18)29-13-30-25)32-11-19-20(12-32)24(19)26/h3-10,13,19-20,24H,11-12,26H2,1-2H3,(H,29,30,31). The van der Waals surface area contributed by atoms with Gasteiger partial charge in [0.25, 0.3) is 0 Å². The first kappa shape index (κ1) is 19.9. The lowest BCUT2D eigenvalue weighted by Gasteiger charge is -2.20. The summed E-state index contributed by atoms with van der Waals surface area (Å²) in [5.74, 6) is 4.41.